The molecule has 0 bridgehead atoms. The van der Waals surface area contributed by atoms with Crippen LogP contribution >= 0.6 is 0 Å². The van der Waals surface area contributed by atoms with Gasteiger partial charge in [0.05, 0.1) is 4.90 Å². The summed E-state index contributed by atoms with van der Waals surface area (Å²) in [5.74, 6) is 0.144. The molecule has 0 aliphatic carbocycles. The third-order valence-corrected chi connectivity index (χ3v) is 3.35. The summed E-state index contributed by atoms with van der Waals surface area (Å²) in [5.41, 5.74) is 0.660. The molecule has 0 aliphatic heterocycles. The molecule has 1 N–H and O–H groups in total. The summed E-state index contributed by atoms with van der Waals surface area (Å²) in [7, 11) is -4.43. The van der Waals surface area contributed by atoms with Gasteiger partial charge in [0.25, 0.3) is 0 Å². The van der Waals surface area contributed by atoms with Crippen molar-refractivity contribution in [1.29, 1.82) is 0 Å². The molecule has 2 aromatic carbocycles. The van der Waals surface area contributed by atoms with Gasteiger partial charge in [-0.1, -0.05) is 12.1 Å². The van der Waals surface area contributed by atoms with Crippen molar-refractivity contribution in [3.63, 3.8) is 0 Å². The Morgan fingerprint density at radius 3 is 2.41 bits per heavy atom. The van der Waals surface area contributed by atoms with Gasteiger partial charge in [-0.2, -0.15) is 0 Å². The molecule has 0 fully saturated rings. The molecule has 0 radical (unpaired) electrons. The van der Waals surface area contributed by atoms with Gasteiger partial charge in [-0.25, -0.2) is 8.42 Å². The summed E-state index contributed by atoms with van der Waals surface area (Å²) < 4.78 is 32.5. The predicted octanol–water partition coefficient (Wildman–Crippen LogP) is -1.24. The van der Waals surface area contributed by atoms with Gasteiger partial charge in [0.2, 0.25) is 0 Å². The van der Waals surface area contributed by atoms with Crippen molar-refractivity contribution in [2.45, 2.75) is 11.8 Å². The first-order valence-corrected chi connectivity index (χ1v) is 5.98. The van der Waals surface area contributed by atoms with Crippen LogP contribution in [0.4, 0.5) is 0 Å². The van der Waals surface area contributed by atoms with E-state index in [4.69, 9.17) is 0 Å². The molecule has 0 heterocycles. The number of rotatable bonds is 1. The van der Waals surface area contributed by atoms with Crippen LogP contribution in [0.2, 0.25) is 0 Å². The maximum Gasteiger partial charge on any atom is 1.00 e. The second kappa shape index (κ2) is 4.96. The molecule has 2 rings (SSSR count). The van der Waals surface area contributed by atoms with E-state index in [1.807, 2.05) is 0 Å². The number of hydrogen-bond acceptors (Lipinski definition) is 4. The van der Waals surface area contributed by atoms with E-state index in [1.165, 1.54) is 24.3 Å². The molecule has 17 heavy (non-hydrogen) atoms. The summed E-state index contributed by atoms with van der Waals surface area (Å²) in [6, 6.07) is 7.13. The van der Waals surface area contributed by atoms with Crippen LogP contribution in [0.15, 0.2) is 35.2 Å². The smallest absolute Gasteiger partial charge is 0.744 e. The van der Waals surface area contributed by atoms with Crippen molar-refractivity contribution in [3.05, 3.63) is 35.9 Å². The number of benzene rings is 2. The second-order valence-electron chi connectivity index (χ2n) is 3.55. The monoisotopic (exact) mass is 260 g/mol. The second-order valence-corrected chi connectivity index (χ2v) is 4.93. The Kier molecular flexibility index (Phi) is 4.22. The third kappa shape index (κ3) is 2.81. The van der Waals surface area contributed by atoms with E-state index in [2.05, 4.69) is 0 Å². The molecule has 2 aromatic rings. The summed E-state index contributed by atoms with van der Waals surface area (Å²) in [6.45, 7) is 1.73. The van der Waals surface area contributed by atoms with Gasteiger partial charge >= 0.3 is 29.6 Å². The summed E-state index contributed by atoms with van der Waals surface area (Å²) in [5, 5.41) is 10.8. The largest absolute Gasteiger partial charge is 1.00 e. The summed E-state index contributed by atoms with van der Waals surface area (Å²) >= 11 is 0. The van der Waals surface area contributed by atoms with Gasteiger partial charge in [0.1, 0.15) is 15.9 Å². The number of phenolic OH excluding ortho intramolecular Hbond substituents is 1. The van der Waals surface area contributed by atoms with Crippen LogP contribution in [0.5, 0.6) is 5.75 Å². The fraction of sp³-hybridized carbons (Fsp3) is 0.0909. The molecule has 0 amide bonds. The first kappa shape index (κ1) is 14.5. The van der Waals surface area contributed by atoms with E-state index >= 15 is 0 Å². The Bertz CT molecular complexity index is 664. The number of hydrogen-bond donors (Lipinski definition) is 1. The van der Waals surface area contributed by atoms with E-state index in [0.717, 1.165) is 5.39 Å². The average Bonchev–Trinajstić information content (AvgIpc) is 2.22. The topological polar surface area (TPSA) is 77.4 Å². The average molecular weight is 260 g/mol. The molecule has 4 nitrogen and oxygen atoms in total. The van der Waals surface area contributed by atoms with Crippen LogP contribution < -0.4 is 29.6 Å². The summed E-state index contributed by atoms with van der Waals surface area (Å²) in [6.07, 6.45) is 0. The number of phenols is 1. The molecule has 0 unspecified atom stereocenters. The van der Waals surface area contributed by atoms with Crippen molar-refractivity contribution < 1.29 is 47.6 Å². The number of aryl methyl sites for hydroxylation is 1. The standard InChI is InChI=1S/C11H10O4S.Na/c1-7-10-4-3-9(16(13,14)15)6-8(10)2-5-11(7)12;/h2-6,12H,1H3,(H,13,14,15);/q;+1/p-1. The van der Waals surface area contributed by atoms with E-state index in [1.54, 1.807) is 13.0 Å². The van der Waals surface area contributed by atoms with Gasteiger partial charge in [-0.3, -0.25) is 0 Å². The van der Waals surface area contributed by atoms with Gasteiger partial charge in [-0.15, -0.1) is 0 Å². The Morgan fingerprint density at radius 1 is 1.18 bits per heavy atom. The van der Waals surface area contributed by atoms with Crippen LogP contribution in [-0.2, 0) is 10.1 Å². The minimum Gasteiger partial charge on any atom is -0.744 e. The van der Waals surface area contributed by atoms with E-state index < -0.39 is 10.1 Å². The molecule has 6 heteroatoms. The Morgan fingerprint density at radius 2 is 1.82 bits per heavy atom. The van der Waals surface area contributed by atoms with Crippen molar-refractivity contribution >= 4 is 20.9 Å². The fourth-order valence-corrected chi connectivity index (χ4v) is 2.11. The Labute approximate surface area is 121 Å². The normalized spacial score (nSPS) is 11.2. The molecule has 0 atom stereocenters. The van der Waals surface area contributed by atoms with Gasteiger partial charge in [0, 0.05) is 0 Å². The third-order valence-electron chi connectivity index (χ3n) is 2.52. The SMILES string of the molecule is Cc1c(O)ccc2cc(S(=O)(=O)[O-])ccc12.[Na+]. The molecule has 0 saturated carbocycles. The van der Waals surface area contributed by atoms with Crippen LogP contribution in [0.3, 0.4) is 0 Å². The van der Waals surface area contributed by atoms with Gasteiger partial charge < -0.3 is 9.66 Å². The predicted molar refractivity (Wildman–Crippen MR) is 58.3 cm³/mol. The Balaban J connectivity index is 0.00000144. The van der Waals surface area contributed by atoms with Gasteiger partial charge in [-0.05, 0) is 41.5 Å². The molecular weight excluding hydrogens is 251 g/mol. The van der Waals surface area contributed by atoms with E-state index in [9.17, 15) is 18.1 Å². The van der Waals surface area contributed by atoms with E-state index in [-0.39, 0.29) is 40.2 Å². The van der Waals surface area contributed by atoms with Gasteiger partial charge in [0.15, 0.2) is 0 Å². The fourth-order valence-electron chi connectivity index (χ4n) is 1.61. The zero-order chi connectivity index (χ0) is 11.9. The van der Waals surface area contributed by atoms with Crippen LogP contribution in [-0.4, -0.2) is 18.1 Å². The maximum absolute atomic E-state index is 10.8. The zero-order valence-corrected chi connectivity index (χ0v) is 12.3. The number of aromatic hydroxyl groups is 1. The van der Waals surface area contributed by atoms with E-state index in [0.29, 0.717) is 10.9 Å². The molecular formula is C11H9NaO4S. The molecule has 0 saturated heterocycles. The minimum absolute atomic E-state index is 0. The molecule has 84 valence electrons. The minimum atomic E-state index is -4.43. The molecule has 0 aliphatic rings. The maximum atomic E-state index is 10.8. The zero-order valence-electron chi connectivity index (χ0n) is 9.47. The molecule has 0 aromatic heterocycles. The summed E-state index contributed by atoms with van der Waals surface area (Å²) in [4.78, 5) is -0.259. The van der Waals surface area contributed by atoms with Crippen LogP contribution in [0.25, 0.3) is 10.8 Å². The number of fused-ring (bicyclic) bond motifs is 1. The molecule has 0 spiro atoms. The van der Waals surface area contributed by atoms with Crippen LogP contribution in [0.1, 0.15) is 5.56 Å². The Hall–Kier alpha value is -0.590. The van der Waals surface area contributed by atoms with Crippen molar-refractivity contribution in [2.24, 2.45) is 0 Å². The van der Waals surface area contributed by atoms with Crippen molar-refractivity contribution in [3.8, 4) is 5.75 Å². The van der Waals surface area contributed by atoms with Crippen molar-refractivity contribution in [2.75, 3.05) is 0 Å². The quantitative estimate of drug-likeness (QED) is 0.514. The van der Waals surface area contributed by atoms with Crippen molar-refractivity contribution in [1.82, 2.24) is 0 Å². The first-order valence-electron chi connectivity index (χ1n) is 4.58. The van der Waals surface area contributed by atoms with Crippen LogP contribution in [0, 0.1) is 6.92 Å². The first-order chi connectivity index (χ1) is 7.39.